The number of likely N-dealkylation sites (N-methyl/N-ethyl adjacent to an activating group) is 2. The van der Waals surface area contributed by atoms with E-state index in [1.54, 1.807) is 0 Å². The first kappa shape index (κ1) is 44.9. The first-order chi connectivity index (χ1) is 26.2. The number of nitrogens with one attached hydrogen (secondary N) is 1. The van der Waals surface area contributed by atoms with Gasteiger partial charge in [0.05, 0.1) is 18.1 Å². The molecule has 0 unspecified atom stereocenters. The standard InChI is InChI=1S/C46H77N5O4/c1-9-10-11-12-13-14-16-25-36(35-23-17-15-18-24-35)32-41(52)37-27-22-31-51(37)44(54)39-28-21-30-50(39)33-40(34(2)3)49(8)45(55)42(46(4,5)6)47-43(53)38-26-19-20-29-48(38)7/h15,17-18,23-24,34,36-40,42H,9-14,16,19-22,25-33H2,1-8H3,(H,47,53)/t36-,37+,38-,39+,40-,42-/m1/s1. The van der Waals surface area contributed by atoms with E-state index < -0.39 is 11.5 Å². The van der Waals surface area contributed by atoms with E-state index in [0.717, 1.165) is 70.9 Å². The van der Waals surface area contributed by atoms with Gasteiger partial charge < -0.3 is 15.1 Å². The molecule has 0 radical (unpaired) electrons. The molecule has 3 aliphatic heterocycles. The highest BCUT2D eigenvalue weighted by atomic mass is 16.2. The lowest BCUT2D eigenvalue weighted by Crippen LogP contribution is -2.61. The summed E-state index contributed by atoms with van der Waals surface area (Å²) in [6.07, 6.45) is 16.4. The Morgan fingerprint density at radius 3 is 2.11 bits per heavy atom. The number of unbranched alkanes of at least 4 members (excludes halogenated alkanes) is 6. The van der Waals surface area contributed by atoms with Gasteiger partial charge in [0, 0.05) is 32.6 Å². The van der Waals surface area contributed by atoms with E-state index in [2.05, 4.69) is 60.2 Å². The summed E-state index contributed by atoms with van der Waals surface area (Å²) in [4.78, 5) is 64.6. The van der Waals surface area contributed by atoms with Gasteiger partial charge in [-0.1, -0.05) is 123 Å². The molecule has 310 valence electrons. The van der Waals surface area contributed by atoms with Crippen molar-refractivity contribution in [3.05, 3.63) is 35.9 Å². The van der Waals surface area contributed by atoms with Crippen LogP contribution in [0.4, 0.5) is 0 Å². The number of Topliss-reactive ketones (excluding diaryl/α,β-unsaturated/α-hetero) is 1. The Balaban J connectivity index is 1.41. The van der Waals surface area contributed by atoms with Crippen molar-refractivity contribution in [1.82, 2.24) is 24.9 Å². The molecule has 3 aliphatic rings. The van der Waals surface area contributed by atoms with E-state index in [9.17, 15) is 19.2 Å². The van der Waals surface area contributed by atoms with Gasteiger partial charge >= 0.3 is 0 Å². The summed E-state index contributed by atoms with van der Waals surface area (Å²) < 4.78 is 0. The molecule has 1 aromatic carbocycles. The predicted molar refractivity (Wildman–Crippen MR) is 224 cm³/mol. The van der Waals surface area contributed by atoms with Crippen LogP contribution in [0.15, 0.2) is 30.3 Å². The maximum absolute atomic E-state index is 14.4. The highest BCUT2D eigenvalue weighted by molar-refractivity contribution is 5.92. The maximum Gasteiger partial charge on any atom is 0.245 e. The van der Waals surface area contributed by atoms with E-state index in [-0.39, 0.29) is 59.5 Å². The fourth-order valence-electron chi connectivity index (χ4n) is 9.40. The van der Waals surface area contributed by atoms with Gasteiger partial charge in [0.1, 0.15) is 6.04 Å². The molecule has 9 heteroatoms. The van der Waals surface area contributed by atoms with Crippen LogP contribution in [0.2, 0.25) is 0 Å². The molecule has 55 heavy (non-hydrogen) atoms. The fraction of sp³-hybridized carbons (Fsp3) is 0.783. The number of amides is 3. The van der Waals surface area contributed by atoms with E-state index >= 15 is 0 Å². The number of hydrogen-bond donors (Lipinski definition) is 1. The molecule has 3 amide bonds. The minimum absolute atomic E-state index is 0.0715. The maximum atomic E-state index is 14.4. The summed E-state index contributed by atoms with van der Waals surface area (Å²) in [6.45, 7) is 15.4. The number of likely N-dealkylation sites (tertiary alicyclic amines) is 3. The van der Waals surface area contributed by atoms with Gasteiger partial charge in [-0.15, -0.1) is 0 Å². The average molecular weight is 764 g/mol. The van der Waals surface area contributed by atoms with E-state index in [0.29, 0.717) is 19.5 Å². The normalized spacial score (nSPS) is 22.8. The second kappa shape index (κ2) is 21.7. The van der Waals surface area contributed by atoms with Gasteiger partial charge in [0.15, 0.2) is 5.78 Å². The van der Waals surface area contributed by atoms with Crippen LogP contribution >= 0.6 is 0 Å². The summed E-state index contributed by atoms with van der Waals surface area (Å²) in [5.74, 6) is 0.429. The SMILES string of the molecule is CCCCCCCCC[C@H](CC(=O)[C@@H]1CCCN1C(=O)[C@@H]1CCCN1C[C@H](C(C)C)N(C)C(=O)[C@@H](NC(=O)[C@H]1CCCCN1C)C(C)(C)C)c1ccccc1. The highest BCUT2D eigenvalue weighted by Gasteiger charge is 2.44. The Morgan fingerprint density at radius 2 is 1.45 bits per heavy atom. The molecule has 1 N–H and O–H groups in total. The minimum Gasteiger partial charge on any atom is -0.342 e. The van der Waals surface area contributed by atoms with Gasteiger partial charge in [0.25, 0.3) is 0 Å². The lowest BCUT2D eigenvalue weighted by molar-refractivity contribution is -0.144. The second-order valence-electron chi connectivity index (χ2n) is 18.6. The van der Waals surface area contributed by atoms with Crippen molar-refractivity contribution in [3.8, 4) is 0 Å². The Labute approximate surface area is 334 Å². The highest BCUT2D eigenvalue weighted by Crippen LogP contribution is 2.32. The molecule has 9 nitrogen and oxygen atoms in total. The lowest BCUT2D eigenvalue weighted by Gasteiger charge is -2.41. The Hall–Kier alpha value is -2.78. The summed E-state index contributed by atoms with van der Waals surface area (Å²) in [6, 6.07) is 8.82. The van der Waals surface area contributed by atoms with Gasteiger partial charge in [-0.05, 0) is 87.9 Å². The zero-order chi connectivity index (χ0) is 40.1. The van der Waals surface area contributed by atoms with Crippen molar-refractivity contribution < 1.29 is 19.2 Å². The molecule has 4 rings (SSSR count). The first-order valence-corrected chi connectivity index (χ1v) is 22.1. The molecule has 6 atom stereocenters. The second-order valence-corrected chi connectivity index (χ2v) is 18.6. The number of ketones is 1. The van der Waals surface area contributed by atoms with Gasteiger partial charge in [0.2, 0.25) is 17.7 Å². The van der Waals surface area contributed by atoms with Crippen LogP contribution in [0.1, 0.15) is 156 Å². The first-order valence-electron chi connectivity index (χ1n) is 22.1. The van der Waals surface area contributed by atoms with Gasteiger partial charge in [-0.2, -0.15) is 0 Å². The van der Waals surface area contributed by atoms with Crippen LogP contribution in [0.25, 0.3) is 0 Å². The van der Waals surface area contributed by atoms with Crippen molar-refractivity contribution >= 4 is 23.5 Å². The van der Waals surface area contributed by atoms with Crippen LogP contribution in [0.3, 0.4) is 0 Å². The molecule has 0 aliphatic carbocycles. The average Bonchev–Trinajstić information content (AvgIpc) is 3.85. The van der Waals surface area contributed by atoms with Crippen LogP contribution < -0.4 is 5.32 Å². The zero-order valence-electron chi connectivity index (χ0n) is 36.0. The Kier molecular flexibility index (Phi) is 17.7. The molecule has 3 fully saturated rings. The van der Waals surface area contributed by atoms with E-state index in [4.69, 9.17) is 0 Å². The Morgan fingerprint density at radius 1 is 0.818 bits per heavy atom. The summed E-state index contributed by atoms with van der Waals surface area (Å²) >= 11 is 0. The number of benzene rings is 1. The molecule has 1 aromatic rings. The van der Waals surface area contributed by atoms with Crippen molar-refractivity contribution in [1.29, 1.82) is 0 Å². The number of rotatable bonds is 20. The molecule has 0 aromatic heterocycles. The third kappa shape index (κ3) is 12.6. The van der Waals surface area contributed by atoms with Crippen molar-refractivity contribution in [3.63, 3.8) is 0 Å². The quantitative estimate of drug-likeness (QED) is 0.136. The lowest BCUT2D eigenvalue weighted by atomic mass is 9.84. The number of piperidine rings is 1. The molecular formula is C46H77N5O4. The minimum atomic E-state index is -0.667. The predicted octanol–water partition coefficient (Wildman–Crippen LogP) is 7.82. The van der Waals surface area contributed by atoms with Crippen LogP contribution in [0.5, 0.6) is 0 Å². The number of hydrogen-bond acceptors (Lipinski definition) is 6. The zero-order valence-corrected chi connectivity index (χ0v) is 36.0. The third-order valence-corrected chi connectivity index (χ3v) is 12.9. The van der Waals surface area contributed by atoms with Crippen molar-refractivity contribution in [2.45, 2.75) is 180 Å². The topological polar surface area (TPSA) is 93.3 Å². The summed E-state index contributed by atoms with van der Waals surface area (Å²) in [5.41, 5.74) is 0.750. The van der Waals surface area contributed by atoms with Crippen molar-refractivity contribution in [2.75, 3.05) is 40.3 Å². The molecule has 3 heterocycles. The van der Waals surface area contributed by atoms with Crippen LogP contribution in [0, 0.1) is 11.3 Å². The van der Waals surface area contributed by atoms with Crippen LogP contribution in [-0.2, 0) is 19.2 Å². The number of carbonyl (C=O) groups excluding carboxylic acids is 4. The third-order valence-electron chi connectivity index (χ3n) is 12.9. The number of carbonyl (C=O) groups is 4. The van der Waals surface area contributed by atoms with Crippen molar-refractivity contribution in [2.24, 2.45) is 11.3 Å². The summed E-state index contributed by atoms with van der Waals surface area (Å²) in [5, 5.41) is 3.17. The summed E-state index contributed by atoms with van der Waals surface area (Å²) in [7, 11) is 3.86. The van der Waals surface area contributed by atoms with Gasteiger partial charge in [-0.25, -0.2) is 0 Å². The monoisotopic (exact) mass is 764 g/mol. The molecule has 0 bridgehead atoms. The molecule has 0 saturated carbocycles. The molecular weight excluding hydrogens is 687 g/mol. The van der Waals surface area contributed by atoms with E-state index in [1.807, 2.05) is 50.7 Å². The smallest absolute Gasteiger partial charge is 0.245 e. The van der Waals surface area contributed by atoms with E-state index in [1.165, 1.54) is 44.1 Å². The fourth-order valence-corrected chi connectivity index (χ4v) is 9.40. The Bertz CT molecular complexity index is 1360. The largest absolute Gasteiger partial charge is 0.342 e. The molecule has 0 spiro atoms. The number of nitrogens with zero attached hydrogens (tertiary/aromatic N) is 4. The van der Waals surface area contributed by atoms with Gasteiger partial charge in [-0.3, -0.25) is 29.0 Å². The molecule has 3 saturated heterocycles. The van der Waals surface area contributed by atoms with Crippen LogP contribution in [-0.4, -0.2) is 114 Å².